The van der Waals surface area contributed by atoms with Crippen molar-refractivity contribution in [3.63, 3.8) is 0 Å². The molecule has 2 fully saturated rings. The summed E-state index contributed by atoms with van der Waals surface area (Å²) in [7, 11) is 0. The van der Waals surface area contributed by atoms with E-state index >= 15 is 0 Å². The molecular weight excluding hydrogens is 359 g/mol. The fourth-order valence-corrected chi connectivity index (χ4v) is 4.13. The van der Waals surface area contributed by atoms with Gasteiger partial charge in [0, 0.05) is 31.6 Å². The van der Waals surface area contributed by atoms with Crippen molar-refractivity contribution in [1.29, 1.82) is 0 Å². The molecule has 0 aromatic heterocycles. The molecule has 4 N–H and O–H groups in total. The molecule has 2 heterocycles. The summed E-state index contributed by atoms with van der Waals surface area (Å²) >= 11 is 0. The summed E-state index contributed by atoms with van der Waals surface area (Å²) in [4.78, 5) is 16.5. The number of carbonyl (C=O) groups excluding carboxylic acids is 1. The van der Waals surface area contributed by atoms with Crippen molar-refractivity contribution >= 4 is 17.4 Å². The Hall–Kier alpha value is -2.64. The van der Waals surface area contributed by atoms with E-state index in [9.17, 15) is 14.3 Å². The number of anilines is 2. The summed E-state index contributed by atoms with van der Waals surface area (Å²) in [6.45, 7) is 4.81. The van der Waals surface area contributed by atoms with Gasteiger partial charge in [-0.15, -0.1) is 0 Å². The summed E-state index contributed by atoms with van der Waals surface area (Å²) in [5.74, 6) is -0.291. The Morgan fingerprint density at radius 2 is 1.86 bits per heavy atom. The number of aliphatic hydroxyl groups excluding tert-OH is 1. The van der Waals surface area contributed by atoms with Crippen molar-refractivity contribution in [2.45, 2.75) is 19.6 Å². The van der Waals surface area contributed by atoms with Crippen molar-refractivity contribution in [3.05, 3.63) is 48.3 Å². The van der Waals surface area contributed by atoms with E-state index in [1.807, 2.05) is 11.0 Å². The molecule has 0 aliphatic carbocycles. The molecule has 1 spiro atoms. The second kappa shape index (κ2) is 7.07. The minimum absolute atomic E-state index is 0.0931. The Bertz CT molecular complexity index is 878. The van der Waals surface area contributed by atoms with Crippen molar-refractivity contribution in [2.24, 2.45) is 5.41 Å². The second-order valence-electron chi connectivity index (χ2n) is 7.95. The molecule has 0 radical (unpaired) electrons. The van der Waals surface area contributed by atoms with Gasteiger partial charge in [0.15, 0.2) is 0 Å². The highest BCUT2D eigenvalue weighted by Crippen LogP contribution is 2.40. The molecule has 1 unspecified atom stereocenters. The Balaban J connectivity index is 1.41. The van der Waals surface area contributed by atoms with Gasteiger partial charge < -0.3 is 21.1 Å². The molecule has 7 heteroatoms. The molecule has 0 bridgehead atoms. The Kier molecular flexibility index (Phi) is 4.72. The first-order valence-corrected chi connectivity index (χ1v) is 9.49. The number of nitrogens with zero attached hydrogens (tertiary/aromatic N) is 2. The highest BCUT2D eigenvalue weighted by molar-refractivity contribution is 5.94. The van der Waals surface area contributed by atoms with Crippen LogP contribution in [0.25, 0.3) is 11.1 Å². The number of aliphatic hydroxyl groups is 1. The van der Waals surface area contributed by atoms with Gasteiger partial charge in [0.25, 0.3) is 0 Å². The van der Waals surface area contributed by atoms with Crippen LogP contribution in [-0.4, -0.2) is 53.3 Å². The van der Waals surface area contributed by atoms with Crippen molar-refractivity contribution in [1.82, 2.24) is 9.80 Å². The predicted molar refractivity (Wildman–Crippen MR) is 107 cm³/mol. The van der Waals surface area contributed by atoms with Gasteiger partial charge >= 0.3 is 6.03 Å². The van der Waals surface area contributed by atoms with Crippen LogP contribution in [-0.2, 0) is 0 Å². The van der Waals surface area contributed by atoms with Crippen LogP contribution in [0, 0.1) is 11.2 Å². The molecule has 2 amide bonds. The zero-order valence-corrected chi connectivity index (χ0v) is 15.9. The van der Waals surface area contributed by atoms with Crippen LogP contribution in [0.1, 0.15) is 13.3 Å². The zero-order valence-electron chi connectivity index (χ0n) is 15.9. The van der Waals surface area contributed by atoms with Crippen LogP contribution in [0.2, 0.25) is 0 Å². The number of hydrogen-bond acceptors (Lipinski definition) is 4. The number of nitrogen functional groups attached to an aromatic ring is 1. The summed E-state index contributed by atoms with van der Waals surface area (Å²) < 4.78 is 13.1. The van der Waals surface area contributed by atoms with Crippen molar-refractivity contribution < 1.29 is 14.3 Å². The van der Waals surface area contributed by atoms with Gasteiger partial charge in [0.1, 0.15) is 12.0 Å². The predicted octanol–water partition coefficient (Wildman–Crippen LogP) is 2.95. The largest absolute Gasteiger partial charge is 0.397 e. The van der Waals surface area contributed by atoms with E-state index in [0.29, 0.717) is 24.5 Å². The molecule has 4 rings (SSSR count). The summed E-state index contributed by atoms with van der Waals surface area (Å²) in [5, 5.41) is 12.6. The first-order valence-electron chi connectivity index (χ1n) is 9.49. The monoisotopic (exact) mass is 384 g/mol. The fourth-order valence-electron chi connectivity index (χ4n) is 4.13. The third kappa shape index (κ3) is 3.55. The van der Waals surface area contributed by atoms with Gasteiger partial charge in [0.2, 0.25) is 0 Å². The molecule has 2 saturated heterocycles. The Morgan fingerprint density at radius 1 is 1.18 bits per heavy atom. The van der Waals surface area contributed by atoms with Crippen LogP contribution < -0.4 is 11.1 Å². The number of hydrogen-bond donors (Lipinski definition) is 3. The number of urea groups is 1. The lowest BCUT2D eigenvalue weighted by Gasteiger charge is -2.48. The van der Waals surface area contributed by atoms with Gasteiger partial charge in [-0.05, 0) is 48.7 Å². The molecule has 2 aromatic carbocycles. The minimum Gasteiger partial charge on any atom is -0.397 e. The van der Waals surface area contributed by atoms with Gasteiger partial charge in [-0.3, -0.25) is 4.90 Å². The van der Waals surface area contributed by atoms with E-state index in [4.69, 9.17) is 5.73 Å². The molecule has 2 aliphatic heterocycles. The van der Waals surface area contributed by atoms with E-state index in [1.54, 1.807) is 36.1 Å². The third-order valence-corrected chi connectivity index (χ3v) is 5.81. The lowest BCUT2D eigenvalue weighted by atomic mass is 9.79. The molecule has 28 heavy (non-hydrogen) atoms. The van der Waals surface area contributed by atoms with Crippen LogP contribution in [0.3, 0.4) is 0 Å². The highest BCUT2D eigenvalue weighted by Gasteiger charge is 2.49. The van der Waals surface area contributed by atoms with E-state index in [-0.39, 0.29) is 17.3 Å². The summed E-state index contributed by atoms with van der Waals surface area (Å²) in [5.41, 5.74) is 8.87. The van der Waals surface area contributed by atoms with Gasteiger partial charge in [-0.25, -0.2) is 9.18 Å². The smallest absolute Gasteiger partial charge is 0.321 e. The van der Waals surface area contributed by atoms with Crippen LogP contribution >= 0.6 is 0 Å². The molecule has 148 valence electrons. The average molecular weight is 384 g/mol. The Morgan fingerprint density at radius 3 is 2.50 bits per heavy atom. The maximum atomic E-state index is 13.1. The van der Waals surface area contributed by atoms with E-state index in [0.717, 1.165) is 30.6 Å². The summed E-state index contributed by atoms with van der Waals surface area (Å²) in [6.07, 6.45) is 0.542. The first kappa shape index (κ1) is 18.7. The topological polar surface area (TPSA) is 81.8 Å². The average Bonchev–Trinajstić information content (AvgIpc) is 3.09. The van der Waals surface area contributed by atoms with Crippen LogP contribution in [0.4, 0.5) is 20.6 Å². The van der Waals surface area contributed by atoms with E-state index in [1.165, 1.54) is 12.1 Å². The lowest BCUT2D eigenvalue weighted by molar-refractivity contribution is -0.000179. The second-order valence-corrected chi connectivity index (χ2v) is 7.95. The quantitative estimate of drug-likeness (QED) is 0.711. The standard InChI is InChI=1S/C21H25FN4O2/c1-14(27)25-9-8-21(11-25)12-26(13-21)20(28)24-19-10-16(4-7-18(19)23)15-2-5-17(22)6-3-15/h2-7,10,14,27H,8-9,11-13,23H2,1H3,(H,24,28). The van der Waals surface area contributed by atoms with Gasteiger partial charge in [0.05, 0.1) is 11.4 Å². The molecule has 6 nitrogen and oxygen atoms in total. The number of carbonyl (C=O) groups is 1. The maximum absolute atomic E-state index is 13.1. The number of rotatable bonds is 3. The SMILES string of the molecule is CC(O)N1CCC2(CN(C(=O)Nc3cc(-c4ccc(F)cc4)ccc3N)C2)C1. The molecule has 1 atom stereocenters. The van der Waals surface area contributed by atoms with Crippen molar-refractivity contribution in [2.75, 3.05) is 37.2 Å². The van der Waals surface area contributed by atoms with Gasteiger partial charge in [-0.1, -0.05) is 18.2 Å². The zero-order chi connectivity index (χ0) is 19.9. The normalized spacial score (nSPS) is 19.5. The first-order chi connectivity index (χ1) is 13.3. The minimum atomic E-state index is -0.448. The van der Waals surface area contributed by atoms with Gasteiger partial charge in [-0.2, -0.15) is 0 Å². The number of halogens is 1. The highest BCUT2D eigenvalue weighted by atomic mass is 19.1. The fraction of sp³-hybridized carbons (Fsp3) is 0.381. The number of benzene rings is 2. The van der Waals surface area contributed by atoms with E-state index < -0.39 is 6.23 Å². The summed E-state index contributed by atoms with van der Waals surface area (Å²) in [6, 6.07) is 11.4. The third-order valence-electron chi connectivity index (χ3n) is 5.81. The molecular formula is C21H25FN4O2. The molecule has 2 aliphatic rings. The van der Waals surface area contributed by atoms with E-state index in [2.05, 4.69) is 5.32 Å². The molecule has 0 saturated carbocycles. The van der Waals surface area contributed by atoms with Crippen molar-refractivity contribution in [3.8, 4) is 11.1 Å². The number of nitrogens with two attached hydrogens (primary N) is 1. The van der Waals surface area contributed by atoms with Crippen LogP contribution in [0.5, 0.6) is 0 Å². The number of nitrogens with one attached hydrogen (secondary N) is 1. The number of likely N-dealkylation sites (tertiary alicyclic amines) is 2. The maximum Gasteiger partial charge on any atom is 0.321 e. The van der Waals surface area contributed by atoms with Crippen LogP contribution in [0.15, 0.2) is 42.5 Å². The molecule has 2 aromatic rings. The Labute approximate surface area is 163 Å². The lowest BCUT2D eigenvalue weighted by Crippen LogP contribution is -2.60. The number of amides is 2.